The number of rotatable bonds is 6. The second-order valence-electron chi connectivity index (χ2n) is 5.88. The molecule has 0 fully saturated rings. The lowest BCUT2D eigenvalue weighted by molar-refractivity contribution is 0.321. The molecule has 0 radical (unpaired) electrons. The number of hydrogen-bond acceptors (Lipinski definition) is 5. The Bertz CT molecular complexity index is 1050. The first-order valence-electron chi connectivity index (χ1n) is 8.16. The van der Waals surface area contributed by atoms with Crippen LogP contribution in [0.1, 0.15) is 18.4 Å². The van der Waals surface area contributed by atoms with Gasteiger partial charge < -0.3 is 4.52 Å². The summed E-state index contributed by atoms with van der Waals surface area (Å²) in [5.74, 6) is 0.591. The third-order valence-corrected chi connectivity index (χ3v) is 6.59. The van der Waals surface area contributed by atoms with Crippen molar-refractivity contribution in [2.45, 2.75) is 25.3 Å². The molecule has 9 heteroatoms. The molecule has 0 unspecified atom stereocenters. The SMILES string of the molecule is CCN(Cc1nc(-c2ccc(C)cc2)no1)S(=O)(=O)c1cc(Cl)ccc1Cl. The van der Waals surface area contributed by atoms with Crippen molar-refractivity contribution < 1.29 is 12.9 Å². The highest BCUT2D eigenvalue weighted by molar-refractivity contribution is 7.89. The first-order valence-corrected chi connectivity index (χ1v) is 10.4. The van der Waals surface area contributed by atoms with Gasteiger partial charge in [-0.25, -0.2) is 8.42 Å². The molecule has 0 spiro atoms. The first-order chi connectivity index (χ1) is 12.8. The van der Waals surface area contributed by atoms with Gasteiger partial charge in [-0.1, -0.05) is 65.1 Å². The Morgan fingerprint density at radius 3 is 2.48 bits per heavy atom. The molecular weight excluding hydrogens is 409 g/mol. The van der Waals surface area contributed by atoms with Gasteiger partial charge in [0.2, 0.25) is 21.7 Å². The molecule has 142 valence electrons. The van der Waals surface area contributed by atoms with Crippen LogP contribution >= 0.6 is 23.2 Å². The Labute approximate surface area is 167 Å². The fourth-order valence-corrected chi connectivity index (χ4v) is 4.61. The van der Waals surface area contributed by atoms with Crippen molar-refractivity contribution in [1.29, 1.82) is 0 Å². The van der Waals surface area contributed by atoms with E-state index in [-0.39, 0.29) is 33.9 Å². The zero-order valence-corrected chi connectivity index (χ0v) is 17.0. The Kier molecular flexibility index (Phi) is 5.86. The number of aryl methyl sites for hydroxylation is 1. The highest BCUT2D eigenvalue weighted by Crippen LogP contribution is 2.28. The van der Waals surface area contributed by atoms with E-state index in [0.29, 0.717) is 5.82 Å². The molecule has 0 atom stereocenters. The standard InChI is InChI=1S/C18H17Cl2N3O3S/c1-3-23(27(24,25)16-10-14(19)8-9-15(16)20)11-17-21-18(22-26-17)13-6-4-12(2)5-7-13/h4-10H,3,11H2,1-2H3. The summed E-state index contributed by atoms with van der Waals surface area (Å²) in [5, 5.41) is 4.32. The molecule has 1 aromatic heterocycles. The lowest BCUT2D eigenvalue weighted by atomic mass is 10.1. The largest absolute Gasteiger partial charge is 0.338 e. The molecule has 0 saturated heterocycles. The Hall–Kier alpha value is -1.93. The van der Waals surface area contributed by atoms with Crippen LogP contribution in [0, 0.1) is 6.92 Å². The molecule has 0 aliphatic carbocycles. The van der Waals surface area contributed by atoms with Crippen LogP contribution in [-0.2, 0) is 16.6 Å². The van der Waals surface area contributed by atoms with Crippen LogP contribution in [-0.4, -0.2) is 29.4 Å². The second kappa shape index (κ2) is 7.98. The zero-order chi connectivity index (χ0) is 19.6. The van der Waals surface area contributed by atoms with Gasteiger partial charge in [0, 0.05) is 17.1 Å². The Balaban J connectivity index is 1.87. The van der Waals surface area contributed by atoms with Gasteiger partial charge >= 0.3 is 0 Å². The quantitative estimate of drug-likeness (QED) is 0.578. The van der Waals surface area contributed by atoms with Crippen LogP contribution < -0.4 is 0 Å². The Morgan fingerprint density at radius 1 is 1.11 bits per heavy atom. The van der Waals surface area contributed by atoms with Crippen LogP contribution in [0.5, 0.6) is 0 Å². The second-order valence-corrected chi connectivity index (χ2v) is 8.63. The normalized spacial score (nSPS) is 11.9. The van der Waals surface area contributed by atoms with E-state index in [9.17, 15) is 8.42 Å². The van der Waals surface area contributed by atoms with Crippen molar-refractivity contribution in [2.24, 2.45) is 0 Å². The van der Waals surface area contributed by atoms with Gasteiger partial charge in [-0.05, 0) is 25.1 Å². The molecule has 0 aliphatic heterocycles. The molecule has 3 rings (SSSR count). The van der Waals surface area contributed by atoms with Crippen molar-refractivity contribution in [1.82, 2.24) is 14.4 Å². The van der Waals surface area contributed by atoms with Crippen LogP contribution in [0.2, 0.25) is 10.0 Å². The fraction of sp³-hybridized carbons (Fsp3) is 0.222. The first kappa shape index (κ1) is 19.8. The van der Waals surface area contributed by atoms with Crippen LogP contribution in [0.15, 0.2) is 51.9 Å². The van der Waals surface area contributed by atoms with Gasteiger partial charge in [0.1, 0.15) is 4.90 Å². The summed E-state index contributed by atoms with van der Waals surface area (Å²) in [7, 11) is -3.87. The molecule has 2 aromatic carbocycles. The summed E-state index contributed by atoms with van der Waals surface area (Å²) >= 11 is 12.0. The van der Waals surface area contributed by atoms with Gasteiger partial charge in [0.15, 0.2) is 0 Å². The number of halogens is 2. The molecule has 0 aliphatic rings. The topological polar surface area (TPSA) is 76.3 Å². The number of aromatic nitrogens is 2. The predicted molar refractivity (Wildman–Crippen MR) is 104 cm³/mol. The van der Waals surface area contributed by atoms with Crippen molar-refractivity contribution in [3.8, 4) is 11.4 Å². The molecular formula is C18H17Cl2N3O3S. The number of hydrogen-bond donors (Lipinski definition) is 0. The minimum atomic E-state index is -3.87. The summed E-state index contributed by atoms with van der Waals surface area (Å²) in [6.07, 6.45) is 0. The average Bonchev–Trinajstić information content (AvgIpc) is 3.10. The lowest BCUT2D eigenvalue weighted by Crippen LogP contribution is -2.30. The molecule has 0 bridgehead atoms. The summed E-state index contributed by atoms with van der Waals surface area (Å²) in [6, 6.07) is 11.9. The zero-order valence-electron chi connectivity index (χ0n) is 14.7. The lowest BCUT2D eigenvalue weighted by Gasteiger charge is -2.19. The van der Waals surface area contributed by atoms with E-state index in [1.54, 1.807) is 6.92 Å². The fourth-order valence-electron chi connectivity index (χ4n) is 2.47. The molecule has 0 saturated carbocycles. The van der Waals surface area contributed by atoms with Gasteiger partial charge in [-0.15, -0.1) is 0 Å². The van der Waals surface area contributed by atoms with E-state index in [2.05, 4.69) is 10.1 Å². The van der Waals surface area contributed by atoms with Crippen molar-refractivity contribution in [3.05, 3.63) is 64.0 Å². The maximum atomic E-state index is 12.9. The number of nitrogens with zero attached hydrogens (tertiary/aromatic N) is 3. The minimum absolute atomic E-state index is 0.0585. The highest BCUT2D eigenvalue weighted by Gasteiger charge is 2.28. The summed E-state index contributed by atoms with van der Waals surface area (Å²) in [5.41, 5.74) is 1.91. The van der Waals surface area contributed by atoms with Gasteiger partial charge in [-0.3, -0.25) is 0 Å². The minimum Gasteiger partial charge on any atom is -0.338 e. The maximum absolute atomic E-state index is 12.9. The molecule has 6 nitrogen and oxygen atoms in total. The molecule has 0 amide bonds. The van der Waals surface area contributed by atoms with Crippen molar-refractivity contribution >= 4 is 33.2 Å². The summed E-state index contributed by atoms with van der Waals surface area (Å²) < 4.78 is 32.3. The van der Waals surface area contributed by atoms with Crippen LogP contribution in [0.25, 0.3) is 11.4 Å². The summed E-state index contributed by atoms with van der Waals surface area (Å²) in [4.78, 5) is 4.24. The highest BCUT2D eigenvalue weighted by atomic mass is 35.5. The predicted octanol–water partition coefficient (Wildman–Crippen LogP) is 4.56. The number of benzene rings is 2. The van der Waals surface area contributed by atoms with E-state index < -0.39 is 10.0 Å². The van der Waals surface area contributed by atoms with Crippen molar-refractivity contribution in [3.63, 3.8) is 0 Å². The van der Waals surface area contributed by atoms with Crippen LogP contribution in [0.4, 0.5) is 0 Å². The van der Waals surface area contributed by atoms with Gasteiger partial charge in [0.25, 0.3) is 0 Å². The van der Waals surface area contributed by atoms with Crippen molar-refractivity contribution in [2.75, 3.05) is 6.54 Å². The number of sulfonamides is 1. The van der Waals surface area contributed by atoms with E-state index in [0.717, 1.165) is 11.1 Å². The average molecular weight is 426 g/mol. The molecule has 0 N–H and O–H groups in total. The van der Waals surface area contributed by atoms with E-state index in [4.69, 9.17) is 27.7 Å². The molecule has 3 aromatic rings. The van der Waals surface area contributed by atoms with Gasteiger partial charge in [-0.2, -0.15) is 9.29 Å². The van der Waals surface area contributed by atoms with Crippen LogP contribution in [0.3, 0.4) is 0 Å². The third kappa shape index (κ3) is 4.32. The van der Waals surface area contributed by atoms with E-state index in [1.165, 1.54) is 22.5 Å². The smallest absolute Gasteiger partial charge is 0.245 e. The molecule has 27 heavy (non-hydrogen) atoms. The van der Waals surface area contributed by atoms with Gasteiger partial charge in [0.05, 0.1) is 11.6 Å². The molecule has 1 heterocycles. The Morgan fingerprint density at radius 2 is 1.81 bits per heavy atom. The van der Waals surface area contributed by atoms with E-state index in [1.807, 2.05) is 31.2 Å². The monoisotopic (exact) mass is 425 g/mol. The maximum Gasteiger partial charge on any atom is 0.245 e. The third-order valence-electron chi connectivity index (χ3n) is 3.95. The van der Waals surface area contributed by atoms with E-state index >= 15 is 0 Å². The summed E-state index contributed by atoms with van der Waals surface area (Å²) in [6.45, 7) is 3.83.